The van der Waals surface area contributed by atoms with Crippen LogP contribution in [-0.2, 0) is 173 Å². The quantitative estimate of drug-likeness (QED) is 0.0629. The number of aromatic carboxylic acids is 1. The van der Waals surface area contributed by atoms with Gasteiger partial charge in [0.15, 0.2) is 7.85 Å². The van der Waals surface area contributed by atoms with Gasteiger partial charge < -0.3 is 60.2 Å². The summed E-state index contributed by atoms with van der Waals surface area (Å²) in [6.45, 7) is 3.36. The van der Waals surface area contributed by atoms with E-state index in [2.05, 4.69) is 65.2 Å². The van der Waals surface area contributed by atoms with Crippen LogP contribution in [-0.4, -0.2) is 96.5 Å². The predicted molar refractivity (Wildman–Crippen MR) is 285 cm³/mol. The van der Waals surface area contributed by atoms with Gasteiger partial charge in [0.25, 0.3) is 17.9 Å². The van der Waals surface area contributed by atoms with Crippen molar-refractivity contribution in [2.24, 2.45) is 7.05 Å². The van der Waals surface area contributed by atoms with E-state index in [1.165, 1.54) is 26.4 Å². The third-order valence-corrected chi connectivity index (χ3v) is 13.4. The van der Waals surface area contributed by atoms with Crippen LogP contribution in [0.25, 0.3) is 43.6 Å². The number of benzene rings is 4. The van der Waals surface area contributed by atoms with E-state index in [0.717, 1.165) is 144 Å². The van der Waals surface area contributed by atoms with E-state index in [4.69, 9.17) is 17.7 Å². The molecule has 0 saturated heterocycles. The SMILES string of the molecule is COC(=O)c1c[c-]c2c3c(c(=O)[nH]c2c1)CCCN3.COC(=O)c1c[c-]c2c3c(c(=O)n(C)c2c1)CCCN3.O=C(O)c1c[c-]c2c3c(c(=O)[nH]c2c1)CCCN3.[B]C(=O)c1c[c-]c2c3c(c(=O)[nH]c2c1)CCCN3.[Y].[Y].[Y].[Y]. The number of methoxy groups -OCH3 is 2. The smallest absolute Gasteiger partial charge is 0.295 e. The maximum absolute atomic E-state index is 12.4. The number of carboxylic acid groups (broad SMARTS) is 1. The molecule has 0 spiro atoms. The van der Waals surface area contributed by atoms with Crippen LogP contribution in [0.2, 0.25) is 0 Å². The zero-order valence-electron chi connectivity index (χ0n) is 43.5. The van der Waals surface area contributed by atoms with E-state index in [1.807, 2.05) is 0 Å². The zero-order valence-corrected chi connectivity index (χ0v) is 54.8. The second-order valence-electron chi connectivity index (χ2n) is 18.1. The number of carbonyl (C=O) groups excluding carboxylic acids is 3. The van der Waals surface area contributed by atoms with Crippen molar-refractivity contribution in [3.63, 3.8) is 0 Å². The maximum Gasteiger partial charge on any atom is 0.295 e. The molecule has 4 aliphatic heterocycles. The molecule has 19 nitrogen and oxygen atoms in total. The van der Waals surface area contributed by atoms with E-state index in [1.54, 1.807) is 48.0 Å². The first-order chi connectivity index (χ1) is 36.2. The number of aromatic amines is 3. The normalized spacial score (nSPS) is 13.2. The van der Waals surface area contributed by atoms with Gasteiger partial charge in [-0.2, -0.15) is 0 Å². The molecule has 8 heterocycles. The minimum absolute atomic E-state index is 0. The first kappa shape index (κ1) is 65.3. The third kappa shape index (κ3) is 14.0. The van der Waals surface area contributed by atoms with Gasteiger partial charge in [0.05, 0.1) is 19.9 Å². The van der Waals surface area contributed by atoms with E-state index in [-0.39, 0.29) is 159 Å². The van der Waals surface area contributed by atoms with Crippen molar-refractivity contribution in [3.8, 4) is 0 Å². The molecule has 0 fully saturated rings. The molecule has 0 aliphatic carbocycles. The molecule has 12 rings (SSSR count). The van der Waals surface area contributed by atoms with Crippen molar-refractivity contribution >= 4 is 97.8 Å². The predicted octanol–water partition coefficient (Wildman–Crippen LogP) is 5.33. The molecule has 394 valence electrons. The molecular formula is C55H49BN8O11Y4-4. The molecule has 0 bridgehead atoms. The minimum Gasteiger partial charge on any atom is -0.485 e. The van der Waals surface area contributed by atoms with Crippen LogP contribution in [0.3, 0.4) is 0 Å². The molecule has 0 amide bonds. The number of esters is 2. The number of carboxylic acids is 1. The van der Waals surface area contributed by atoms with Crippen LogP contribution in [0.5, 0.6) is 0 Å². The van der Waals surface area contributed by atoms with Crippen LogP contribution in [0.4, 0.5) is 22.7 Å². The number of ether oxygens (including phenoxy) is 2. The van der Waals surface area contributed by atoms with Crippen LogP contribution >= 0.6 is 0 Å². The first-order valence-electron chi connectivity index (χ1n) is 24.2. The third-order valence-electron chi connectivity index (χ3n) is 13.4. The first-order valence-corrected chi connectivity index (χ1v) is 24.2. The number of hydrogen-bond donors (Lipinski definition) is 8. The Hall–Kier alpha value is -4.52. The summed E-state index contributed by atoms with van der Waals surface area (Å²) < 4.78 is 10.9. The molecule has 0 saturated carbocycles. The number of nitrogens with zero attached hydrogens (tertiary/aromatic N) is 1. The second-order valence-corrected chi connectivity index (χ2v) is 18.1. The summed E-state index contributed by atoms with van der Waals surface area (Å²) in [5.41, 5.74) is 9.05. The fraction of sp³-hybridized carbons (Fsp3) is 0.273. The van der Waals surface area contributed by atoms with Crippen LogP contribution in [0, 0.1) is 24.3 Å². The van der Waals surface area contributed by atoms with Crippen molar-refractivity contribution in [3.05, 3.63) is 159 Å². The monoisotopic (exact) mass is 1360 g/mol. The Morgan fingerprint density at radius 3 is 1.23 bits per heavy atom. The molecule has 6 radical (unpaired) electrons. The van der Waals surface area contributed by atoms with Crippen LogP contribution < -0.4 is 43.5 Å². The van der Waals surface area contributed by atoms with Gasteiger partial charge in [0, 0.05) is 164 Å². The number of anilines is 4. The van der Waals surface area contributed by atoms with E-state index in [0.29, 0.717) is 38.8 Å². The molecule has 4 aromatic carbocycles. The van der Waals surface area contributed by atoms with Crippen molar-refractivity contribution in [1.29, 1.82) is 0 Å². The Kier molecular flexibility index (Phi) is 23.9. The van der Waals surface area contributed by atoms with Crippen LogP contribution in [0.1, 0.15) is 89.4 Å². The number of hydrogen-bond acceptors (Lipinski definition) is 14. The number of aryl methyl sites for hydroxylation is 1. The van der Waals surface area contributed by atoms with Crippen LogP contribution in [0.15, 0.2) is 67.7 Å². The Morgan fingerprint density at radius 2 is 0.835 bits per heavy atom. The Morgan fingerprint density at radius 1 is 0.506 bits per heavy atom. The van der Waals surface area contributed by atoms with Crippen molar-refractivity contribution < 1.29 is 165 Å². The average molecular weight is 1360 g/mol. The molecule has 24 heteroatoms. The van der Waals surface area contributed by atoms with Gasteiger partial charge in [0.2, 0.25) is 22.2 Å². The Labute approximate surface area is 554 Å². The van der Waals surface area contributed by atoms with Crippen molar-refractivity contribution in [2.75, 3.05) is 61.7 Å². The number of aromatic nitrogens is 4. The van der Waals surface area contributed by atoms with Gasteiger partial charge in [-0.1, -0.05) is 5.56 Å². The van der Waals surface area contributed by atoms with Crippen molar-refractivity contribution in [2.45, 2.75) is 51.4 Å². The standard InChI is InChI=1S/C15H15N2O3.C14H13N2O3.C13H10BN2O2.C13H11N2O3.4Y/c1-17-12-8-9(15(19)20-2)5-6-10(12)13-11(14(17)18)4-3-7-16-13;1-19-14(18)8-4-5-9-11(7-8)16-13(17)10-3-2-6-15-12(9)10;14-12(17)7-3-4-8-10(6-7)16-13(18)9-2-1-5-15-11(8)9;16-12-9-2-1-5-14-11(9)8-4-3-7(13(17)18)6-10(8)15-12;;;;/h5,8,16H,3-4,7H2,1-2H3;4,7,15H,2-3,6H2,1H3,(H,16,17);3,6,15H,1-2,5H2,(H,16,18);3,6,14H,1-2,5H2,(H,15,16)(H,17,18);;;;/q4*-1;;;;. The number of carbonyl (C=O) groups is 4. The van der Waals surface area contributed by atoms with Gasteiger partial charge in [0.1, 0.15) is 0 Å². The molecule has 8 aromatic rings. The summed E-state index contributed by atoms with van der Waals surface area (Å²) in [6.07, 6.45) is 6.81. The molecule has 0 unspecified atom stereocenters. The number of H-pyrrole nitrogens is 3. The van der Waals surface area contributed by atoms with Gasteiger partial charge in [-0.15, -0.1) is 94.3 Å². The summed E-state index contributed by atoms with van der Waals surface area (Å²) in [6, 6.07) is 24.7. The largest absolute Gasteiger partial charge is 0.485 e. The number of rotatable bonds is 4. The summed E-state index contributed by atoms with van der Waals surface area (Å²) in [5, 5.41) is 25.1. The average Bonchev–Trinajstić information content (AvgIpc) is 3.45. The molecule has 4 aromatic heterocycles. The van der Waals surface area contributed by atoms with Gasteiger partial charge in [-0.05, 0) is 135 Å². The maximum atomic E-state index is 12.4. The molecule has 8 N–H and O–H groups in total. The summed E-state index contributed by atoms with van der Waals surface area (Å²) in [7, 11) is 9.59. The Balaban J connectivity index is 0.000000191. The topological polar surface area (TPSA) is 276 Å². The summed E-state index contributed by atoms with van der Waals surface area (Å²) >= 11 is 0. The fourth-order valence-electron chi connectivity index (χ4n) is 9.69. The molecule has 0 atom stereocenters. The zero-order chi connectivity index (χ0) is 53.1. The van der Waals surface area contributed by atoms with Gasteiger partial charge in [-0.3, -0.25) is 33.6 Å². The molecular weight excluding hydrogens is 1320 g/mol. The van der Waals surface area contributed by atoms with Crippen molar-refractivity contribution in [1.82, 2.24) is 19.5 Å². The second kappa shape index (κ2) is 28.9. The molecule has 79 heavy (non-hydrogen) atoms. The molecule has 4 aliphatic rings. The number of pyridine rings is 4. The number of fused-ring (bicyclic) bond motifs is 12. The number of nitrogens with one attached hydrogen (secondary N) is 7. The van der Waals surface area contributed by atoms with Gasteiger partial charge in [-0.25, -0.2) is 0 Å². The van der Waals surface area contributed by atoms with E-state index < -0.39 is 23.6 Å². The fourth-order valence-corrected chi connectivity index (χ4v) is 9.69. The minimum atomic E-state index is -1.03. The van der Waals surface area contributed by atoms with E-state index in [9.17, 15) is 38.4 Å². The summed E-state index contributed by atoms with van der Waals surface area (Å²) in [5.74, 6) is -1.90. The Bertz CT molecular complexity index is 3800. The van der Waals surface area contributed by atoms with Gasteiger partial charge >= 0.3 is 0 Å². The summed E-state index contributed by atoms with van der Waals surface area (Å²) in [4.78, 5) is 102. The van der Waals surface area contributed by atoms with E-state index >= 15 is 0 Å².